The summed E-state index contributed by atoms with van der Waals surface area (Å²) >= 11 is 0. The number of carbonyl (C=O) groups is 1. The number of nitrogens with two attached hydrogens (primary N) is 1. The molecule has 1 aromatic carbocycles. The largest absolute Gasteiger partial charge is 0.363 e. The summed E-state index contributed by atoms with van der Waals surface area (Å²) in [5.74, 6) is -0.602. The minimum atomic E-state index is -0.628. The molecule has 3 rings (SSSR count). The van der Waals surface area contributed by atoms with E-state index in [1.807, 2.05) is 30.5 Å². The van der Waals surface area contributed by atoms with Crippen LogP contribution in [0.4, 0.5) is 0 Å². The Morgan fingerprint density at radius 2 is 2.06 bits per heavy atom. The Morgan fingerprint density at radius 1 is 1.22 bits per heavy atom. The Balaban J connectivity index is 2.20. The summed E-state index contributed by atoms with van der Waals surface area (Å²) in [4.78, 5) is 22.2. The molecule has 0 aliphatic heterocycles. The molecule has 0 spiro atoms. The molecular weight excluding hydrogens is 228 g/mol. The highest BCUT2D eigenvalue weighted by molar-refractivity contribution is 5.95. The van der Waals surface area contributed by atoms with Crippen molar-refractivity contribution in [1.29, 1.82) is 0 Å². The number of primary amides is 1. The number of benzene rings is 1. The van der Waals surface area contributed by atoms with E-state index in [9.17, 15) is 4.79 Å². The molecule has 88 valence electrons. The van der Waals surface area contributed by atoms with Crippen molar-refractivity contribution in [3.8, 4) is 11.3 Å². The first-order valence-corrected chi connectivity index (χ1v) is 5.45. The summed E-state index contributed by atoms with van der Waals surface area (Å²) < 4.78 is 0. The highest BCUT2D eigenvalue weighted by Crippen LogP contribution is 2.26. The summed E-state index contributed by atoms with van der Waals surface area (Å²) in [7, 11) is 0. The average molecular weight is 238 g/mol. The second-order valence-corrected chi connectivity index (χ2v) is 3.88. The minimum Gasteiger partial charge on any atom is -0.363 e. The van der Waals surface area contributed by atoms with E-state index in [0.29, 0.717) is 5.69 Å². The zero-order valence-electron chi connectivity index (χ0n) is 9.42. The van der Waals surface area contributed by atoms with E-state index >= 15 is 0 Å². The van der Waals surface area contributed by atoms with Crippen LogP contribution in [0.3, 0.4) is 0 Å². The van der Waals surface area contributed by atoms with E-state index in [2.05, 4.69) is 15.0 Å². The third-order valence-corrected chi connectivity index (χ3v) is 2.74. The number of aromatic amines is 1. The lowest BCUT2D eigenvalue weighted by Gasteiger charge is -2.00. The molecule has 0 radical (unpaired) electrons. The van der Waals surface area contributed by atoms with Crippen LogP contribution in [0.2, 0.25) is 0 Å². The fourth-order valence-corrected chi connectivity index (χ4v) is 1.91. The number of fused-ring (bicyclic) bond motifs is 1. The second-order valence-electron chi connectivity index (χ2n) is 3.88. The van der Waals surface area contributed by atoms with Crippen molar-refractivity contribution >= 4 is 16.8 Å². The second kappa shape index (κ2) is 3.96. The predicted octanol–water partition coefficient (Wildman–Crippen LogP) is 1.72. The molecular formula is C13H10N4O. The fraction of sp³-hybridized carbons (Fsp3) is 0. The number of carbonyl (C=O) groups excluding carboxylic acids is 1. The number of aromatic nitrogens is 3. The number of nitrogens with one attached hydrogen (secondary N) is 1. The van der Waals surface area contributed by atoms with Gasteiger partial charge in [0, 0.05) is 28.9 Å². The van der Waals surface area contributed by atoms with Gasteiger partial charge in [-0.3, -0.25) is 4.79 Å². The Bertz CT molecular complexity index is 732. The normalized spacial score (nSPS) is 10.7. The molecule has 0 saturated heterocycles. The first kappa shape index (κ1) is 10.5. The van der Waals surface area contributed by atoms with Crippen molar-refractivity contribution in [3.63, 3.8) is 0 Å². The highest BCUT2D eigenvalue weighted by Gasteiger charge is 2.10. The number of rotatable bonds is 2. The van der Waals surface area contributed by atoms with Gasteiger partial charge in [0.1, 0.15) is 0 Å². The van der Waals surface area contributed by atoms with Crippen molar-refractivity contribution in [1.82, 2.24) is 15.0 Å². The molecule has 0 aliphatic carbocycles. The lowest BCUT2D eigenvalue weighted by atomic mass is 10.1. The van der Waals surface area contributed by atoms with E-state index in [0.717, 1.165) is 16.5 Å². The Hall–Kier alpha value is -2.69. The van der Waals surface area contributed by atoms with Gasteiger partial charge in [0.05, 0.1) is 5.69 Å². The van der Waals surface area contributed by atoms with Crippen LogP contribution in [0.25, 0.3) is 22.2 Å². The van der Waals surface area contributed by atoms with Gasteiger partial charge in [-0.1, -0.05) is 18.2 Å². The monoisotopic (exact) mass is 238 g/mol. The Kier molecular flexibility index (Phi) is 2.30. The van der Waals surface area contributed by atoms with Crippen molar-refractivity contribution in [2.75, 3.05) is 0 Å². The van der Waals surface area contributed by atoms with Crippen LogP contribution in [-0.4, -0.2) is 20.9 Å². The van der Waals surface area contributed by atoms with Gasteiger partial charge in [-0.05, 0) is 12.1 Å². The van der Waals surface area contributed by atoms with Crippen molar-refractivity contribution in [3.05, 3.63) is 48.5 Å². The first-order valence-electron chi connectivity index (χ1n) is 5.45. The van der Waals surface area contributed by atoms with Crippen molar-refractivity contribution in [2.24, 2.45) is 5.73 Å². The number of H-pyrrole nitrogens is 1. The van der Waals surface area contributed by atoms with E-state index in [-0.39, 0.29) is 5.82 Å². The van der Waals surface area contributed by atoms with Crippen LogP contribution in [-0.2, 0) is 0 Å². The average Bonchev–Trinajstić information content (AvgIpc) is 2.82. The molecule has 3 aromatic rings. The number of hydrogen-bond acceptors (Lipinski definition) is 3. The van der Waals surface area contributed by atoms with Crippen LogP contribution in [0.1, 0.15) is 10.6 Å². The molecule has 1 amide bonds. The zero-order chi connectivity index (χ0) is 12.5. The molecule has 0 bridgehead atoms. The van der Waals surface area contributed by atoms with Crippen LogP contribution in [0, 0.1) is 0 Å². The van der Waals surface area contributed by atoms with Crippen LogP contribution in [0.5, 0.6) is 0 Å². The summed E-state index contributed by atoms with van der Waals surface area (Å²) in [5.41, 5.74) is 7.80. The Labute approximate surface area is 103 Å². The molecule has 18 heavy (non-hydrogen) atoms. The lowest BCUT2D eigenvalue weighted by Crippen LogP contribution is -2.15. The lowest BCUT2D eigenvalue weighted by molar-refractivity contribution is 0.0990. The summed E-state index contributed by atoms with van der Waals surface area (Å²) in [6.07, 6.45) is 3.39. The van der Waals surface area contributed by atoms with Gasteiger partial charge < -0.3 is 10.7 Å². The van der Waals surface area contributed by atoms with Crippen molar-refractivity contribution < 1.29 is 4.79 Å². The van der Waals surface area contributed by atoms with Gasteiger partial charge in [0.2, 0.25) is 5.82 Å². The third kappa shape index (κ3) is 1.62. The summed E-state index contributed by atoms with van der Waals surface area (Å²) in [6, 6.07) is 9.64. The maximum absolute atomic E-state index is 11.1. The fourth-order valence-electron chi connectivity index (χ4n) is 1.91. The quantitative estimate of drug-likeness (QED) is 0.712. The van der Waals surface area contributed by atoms with E-state index in [4.69, 9.17) is 5.73 Å². The van der Waals surface area contributed by atoms with Gasteiger partial charge in [-0.25, -0.2) is 9.97 Å². The summed E-state index contributed by atoms with van der Waals surface area (Å²) in [5, 5.41) is 1.05. The Morgan fingerprint density at radius 3 is 2.89 bits per heavy atom. The SMILES string of the molecule is NC(=O)c1nccc(-c2c[nH]c3ccccc23)n1. The molecule has 0 unspecified atom stereocenters. The number of para-hydroxylation sites is 1. The topological polar surface area (TPSA) is 84.7 Å². The summed E-state index contributed by atoms with van der Waals surface area (Å²) in [6.45, 7) is 0. The van der Waals surface area contributed by atoms with E-state index in [1.165, 1.54) is 6.20 Å². The third-order valence-electron chi connectivity index (χ3n) is 2.74. The maximum Gasteiger partial charge on any atom is 0.286 e. The highest BCUT2D eigenvalue weighted by atomic mass is 16.1. The smallest absolute Gasteiger partial charge is 0.286 e. The molecule has 5 heteroatoms. The van der Waals surface area contributed by atoms with Crippen LogP contribution < -0.4 is 5.73 Å². The van der Waals surface area contributed by atoms with E-state index in [1.54, 1.807) is 6.07 Å². The molecule has 2 aromatic heterocycles. The van der Waals surface area contributed by atoms with Gasteiger partial charge in [0.15, 0.2) is 0 Å². The van der Waals surface area contributed by atoms with Gasteiger partial charge in [0.25, 0.3) is 5.91 Å². The molecule has 0 saturated carbocycles. The molecule has 0 aliphatic rings. The van der Waals surface area contributed by atoms with E-state index < -0.39 is 5.91 Å². The van der Waals surface area contributed by atoms with Gasteiger partial charge in [-0.15, -0.1) is 0 Å². The first-order chi connectivity index (χ1) is 8.75. The molecule has 2 heterocycles. The number of hydrogen-bond donors (Lipinski definition) is 2. The standard InChI is InChI=1S/C13H10N4O/c14-12(18)13-15-6-5-11(17-13)9-7-16-10-4-2-1-3-8(9)10/h1-7,16H,(H2,14,18). The molecule has 0 fully saturated rings. The zero-order valence-corrected chi connectivity index (χ0v) is 9.42. The molecule has 5 nitrogen and oxygen atoms in total. The number of amides is 1. The van der Waals surface area contributed by atoms with Gasteiger partial charge in [-0.2, -0.15) is 0 Å². The molecule has 0 atom stereocenters. The van der Waals surface area contributed by atoms with Crippen molar-refractivity contribution in [2.45, 2.75) is 0 Å². The predicted molar refractivity (Wildman–Crippen MR) is 67.8 cm³/mol. The maximum atomic E-state index is 11.1. The minimum absolute atomic E-state index is 0.0257. The van der Waals surface area contributed by atoms with Gasteiger partial charge >= 0.3 is 0 Å². The van der Waals surface area contributed by atoms with Crippen LogP contribution >= 0.6 is 0 Å². The number of nitrogens with zero attached hydrogens (tertiary/aromatic N) is 2. The van der Waals surface area contributed by atoms with Crippen LogP contribution in [0.15, 0.2) is 42.7 Å². The molecule has 3 N–H and O–H groups in total.